The zero-order chi connectivity index (χ0) is 26.1. The maximum absolute atomic E-state index is 13.4. The molecule has 1 aliphatic carbocycles. The van der Waals surface area contributed by atoms with Crippen molar-refractivity contribution in [1.29, 1.82) is 0 Å². The summed E-state index contributed by atoms with van der Waals surface area (Å²) in [5.41, 5.74) is -0.840. The van der Waals surface area contributed by atoms with Crippen molar-refractivity contribution in [3.05, 3.63) is 33.0 Å². The van der Waals surface area contributed by atoms with Gasteiger partial charge in [-0.15, -0.1) is 0 Å². The highest BCUT2D eigenvalue weighted by atomic mass is 16.5. The smallest absolute Gasteiger partial charge is 0.331 e. The molecule has 11 heteroatoms. The monoisotopic (exact) mass is 504 g/mol. The SMILES string of the molecule is COCCNC(=O)CCCn1c(=O)c2cc(OC)c(OC)cc2n(CC(=O)NC2CCCCC2)c1=O. The van der Waals surface area contributed by atoms with Crippen LogP contribution in [0.5, 0.6) is 11.5 Å². The Balaban J connectivity index is 1.92. The molecule has 2 N–H and O–H groups in total. The van der Waals surface area contributed by atoms with Crippen molar-refractivity contribution in [3.8, 4) is 11.5 Å². The van der Waals surface area contributed by atoms with Crippen molar-refractivity contribution in [3.63, 3.8) is 0 Å². The fourth-order valence-corrected chi connectivity index (χ4v) is 4.54. The lowest BCUT2D eigenvalue weighted by molar-refractivity contribution is -0.123. The second-order valence-corrected chi connectivity index (χ2v) is 8.90. The molecule has 0 aliphatic heterocycles. The Morgan fingerprint density at radius 1 is 0.972 bits per heavy atom. The number of fused-ring (bicyclic) bond motifs is 1. The molecule has 2 aromatic rings. The minimum atomic E-state index is -0.613. The molecule has 0 atom stereocenters. The van der Waals surface area contributed by atoms with E-state index < -0.39 is 11.2 Å². The van der Waals surface area contributed by atoms with E-state index in [2.05, 4.69) is 10.6 Å². The third-order valence-corrected chi connectivity index (χ3v) is 6.42. The standard InChI is InChI=1S/C25H36N4O7/c1-34-13-11-26-22(30)10-7-12-28-24(32)18-14-20(35-2)21(36-3)15-19(18)29(25(28)33)16-23(31)27-17-8-5-4-6-9-17/h14-15,17H,4-13,16H2,1-3H3,(H,26,30)(H,27,31). The number of carbonyl (C=O) groups is 2. The van der Waals surface area contributed by atoms with Crippen LogP contribution < -0.4 is 31.4 Å². The number of hydrogen-bond acceptors (Lipinski definition) is 7. The van der Waals surface area contributed by atoms with Gasteiger partial charge < -0.3 is 24.8 Å². The molecule has 0 bridgehead atoms. The Bertz CT molecular complexity index is 1180. The Kier molecular flexibility index (Phi) is 9.92. The van der Waals surface area contributed by atoms with Crippen molar-refractivity contribution >= 4 is 22.7 Å². The largest absolute Gasteiger partial charge is 0.493 e. The summed E-state index contributed by atoms with van der Waals surface area (Å²) in [5.74, 6) is 0.195. The van der Waals surface area contributed by atoms with E-state index in [0.29, 0.717) is 24.7 Å². The molecule has 198 valence electrons. The van der Waals surface area contributed by atoms with Crippen LogP contribution in [0.3, 0.4) is 0 Å². The summed E-state index contributed by atoms with van der Waals surface area (Å²) >= 11 is 0. The van der Waals surface area contributed by atoms with Crippen LogP contribution >= 0.6 is 0 Å². The molecule has 0 unspecified atom stereocenters. The quantitative estimate of drug-likeness (QED) is 0.415. The first-order valence-electron chi connectivity index (χ1n) is 12.3. The molecular formula is C25H36N4O7. The van der Waals surface area contributed by atoms with Gasteiger partial charge in [-0.05, 0) is 25.3 Å². The zero-order valence-corrected chi connectivity index (χ0v) is 21.3. The van der Waals surface area contributed by atoms with Crippen molar-refractivity contribution in [2.75, 3.05) is 34.5 Å². The van der Waals surface area contributed by atoms with Crippen LogP contribution in [0.15, 0.2) is 21.7 Å². The number of nitrogens with one attached hydrogen (secondary N) is 2. The van der Waals surface area contributed by atoms with Crippen molar-refractivity contribution < 1.29 is 23.8 Å². The van der Waals surface area contributed by atoms with Gasteiger partial charge in [0.15, 0.2) is 11.5 Å². The minimum absolute atomic E-state index is 0.0316. The Morgan fingerprint density at radius 2 is 1.67 bits per heavy atom. The van der Waals surface area contributed by atoms with E-state index in [-0.39, 0.29) is 54.7 Å². The number of carbonyl (C=O) groups excluding carboxylic acids is 2. The number of rotatable bonds is 12. The molecule has 1 fully saturated rings. The van der Waals surface area contributed by atoms with E-state index in [9.17, 15) is 19.2 Å². The highest BCUT2D eigenvalue weighted by Crippen LogP contribution is 2.30. The minimum Gasteiger partial charge on any atom is -0.493 e. The number of methoxy groups -OCH3 is 3. The maximum Gasteiger partial charge on any atom is 0.331 e. The highest BCUT2D eigenvalue weighted by molar-refractivity contribution is 5.84. The molecule has 36 heavy (non-hydrogen) atoms. The fourth-order valence-electron chi connectivity index (χ4n) is 4.54. The lowest BCUT2D eigenvalue weighted by Gasteiger charge is -2.23. The number of aromatic nitrogens is 2. The van der Waals surface area contributed by atoms with Crippen molar-refractivity contribution in [2.24, 2.45) is 0 Å². The Hall–Kier alpha value is -3.34. The van der Waals surface area contributed by atoms with E-state index in [1.807, 2.05) is 0 Å². The summed E-state index contributed by atoms with van der Waals surface area (Å²) in [6, 6.07) is 3.14. The van der Waals surface area contributed by atoms with Crippen molar-refractivity contribution in [2.45, 2.75) is 64.1 Å². The highest BCUT2D eigenvalue weighted by Gasteiger charge is 2.21. The van der Waals surface area contributed by atoms with Gasteiger partial charge in [0.25, 0.3) is 5.56 Å². The molecular weight excluding hydrogens is 468 g/mol. The second kappa shape index (κ2) is 13.1. The molecule has 11 nitrogen and oxygen atoms in total. The molecule has 0 saturated heterocycles. The Morgan fingerprint density at radius 3 is 2.33 bits per heavy atom. The fraction of sp³-hybridized carbons (Fsp3) is 0.600. The summed E-state index contributed by atoms with van der Waals surface area (Å²) in [6.45, 7) is 0.577. The van der Waals surface area contributed by atoms with E-state index in [1.54, 1.807) is 13.2 Å². The van der Waals surface area contributed by atoms with Gasteiger partial charge in [0.05, 0.1) is 31.7 Å². The number of nitrogens with zero attached hydrogens (tertiary/aromatic N) is 2. The molecule has 0 spiro atoms. The predicted molar refractivity (Wildman–Crippen MR) is 135 cm³/mol. The van der Waals surface area contributed by atoms with Crippen LogP contribution in [0, 0.1) is 0 Å². The average molecular weight is 505 g/mol. The van der Waals surface area contributed by atoms with Crippen LogP contribution in [-0.2, 0) is 27.4 Å². The van der Waals surface area contributed by atoms with Gasteiger partial charge in [0.1, 0.15) is 6.54 Å². The van der Waals surface area contributed by atoms with Gasteiger partial charge in [-0.1, -0.05) is 19.3 Å². The van der Waals surface area contributed by atoms with Gasteiger partial charge in [-0.3, -0.25) is 23.5 Å². The van der Waals surface area contributed by atoms with Gasteiger partial charge >= 0.3 is 5.69 Å². The van der Waals surface area contributed by atoms with Crippen LogP contribution in [0.25, 0.3) is 10.9 Å². The lowest BCUT2D eigenvalue weighted by Crippen LogP contribution is -2.44. The summed E-state index contributed by atoms with van der Waals surface area (Å²) < 4.78 is 18.0. The first-order chi connectivity index (χ1) is 17.4. The van der Waals surface area contributed by atoms with Gasteiger partial charge in [-0.2, -0.15) is 0 Å². The topological polar surface area (TPSA) is 130 Å². The molecule has 1 aromatic carbocycles. The zero-order valence-electron chi connectivity index (χ0n) is 21.3. The van der Waals surface area contributed by atoms with Crippen LogP contribution in [0.4, 0.5) is 0 Å². The van der Waals surface area contributed by atoms with Crippen LogP contribution in [-0.4, -0.2) is 61.5 Å². The number of hydrogen-bond donors (Lipinski definition) is 2. The number of amides is 2. The van der Waals surface area contributed by atoms with Gasteiger partial charge in [-0.25, -0.2) is 4.79 Å². The lowest BCUT2D eigenvalue weighted by atomic mass is 9.95. The predicted octanol–water partition coefficient (Wildman–Crippen LogP) is 1.17. The summed E-state index contributed by atoms with van der Waals surface area (Å²) in [6.07, 6.45) is 5.54. The molecule has 1 aliphatic rings. The van der Waals surface area contributed by atoms with Crippen LogP contribution in [0.2, 0.25) is 0 Å². The molecule has 0 radical (unpaired) electrons. The summed E-state index contributed by atoms with van der Waals surface area (Å²) in [7, 11) is 4.46. The number of benzene rings is 1. The van der Waals surface area contributed by atoms with Crippen LogP contribution in [0.1, 0.15) is 44.9 Å². The van der Waals surface area contributed by atoms with E-state index in [4.69, 9.17) is 14.2 Å². The van der Waals surface area contributed by atoms with E-state index in [1.165, 1.54) is 24.9 Å². The van der Waals surface area contributed by atoms with E-state index >= 15 is 0 Å². The molecule has 2 amide bonds. The maximum atomic E-state index is 13.4. The summed E-state index contributed by atoms with van der Waals surface area (Å²) in [5, 5.41) is 5.96. The summed E-state index contributed by atoms with van der Waals surface area (Å²) in [4.78, 5) is 51.6. The van der Waals surface area contributed by atoms with E-state index in [0.717, 1.165) is 36.7 Å². The second-order valence-electron chi connectivity index (χ2n) is 8.90. The normalized spacial score (nSPS) is 14.0. The first-order valence-corrected chi connectivity index (χ1v) is 12.3. The third kappa shape index (κ3) is 6.66. The number of ether oxygens (including phenoxy) is 3. The van der Waals surface area contributed by atoms with Gasteiger partial charge in [0.2, 0.25) is 11.8 Å². The molecule has 1 heterocycles. The first kappa shape index (κ1) is 27.3. The third-order valence-electron chi connectivity index (χ3n) is 6.42. The average Bonchev–Trinajstić information content (AvgIpc) is 2.88. The molecule has 1 aromatic heterocycles. The molecule has 3 rings (SSSR count). The van der Waals surface area contributed by atoms with Crippen molar-refractivity contribution in [1.82, 2.24) is 19.8 Å². The van der Waals surface area contributed by atoms with Gasteiger partial charge in [0, 0.05) is 38.7 Å². The Labute approximate surface area is 209 Å². The molecule has 1 saturated carbocycles.